The van der Waals surface area contributed by atoms with E-state index in [0.29, 0.717) is 0 Å². The highest BCUT2D eigenvalue weighted by Crippen LogP contribution is 2.38. The zero-order chi connectivity index (χ0) is 19.3. The van der Waals surface area contributed by atoms with Crippen molar-refractivity contribution < 1.29 is 4.74 Å². The number of anilines is 1. The van der Waals surface area contributed by atoms with E-state index in [1.54, 1.807) is 11.8 Å². The van der Waals surface area contributed by atoms with E-state index >= 15 is 0 Å². The van der Waals surface area contributed by atoms with Gasteiger partial charge in [0, 0.05) is 23.4 Å². The largest absolute Gasteiger partial charge is 0.378 e. The first-order chi connectivity index (χ1) is 13.7. The standard InChI is InChI=1S/C21H23ClN4OS/c1-16(18-9-5-6-10-19(18)22)28-21-24-23-20(25-11-13-27-14-12-25)26(21)15-17-7-3-2-4-8-17/h2-10,16H,11-15H2,1H3/t16-/m0/s1. The second kappa shape index (κ2) is 8.99. The van der Waals surface area contributed by atoms with Crippen molar-refractivity contribution in [2.75, 3.05) is 31.2 Å². The maximum Gasteiger partial charge on any atom is 0.228 e. The number of hydrogen-bond donors (Lipinski definition) is 0. The average Bonchev–Trinajstić information content (AvgIpc) is 3.12. The Balaban J connectivity index is 1.64. The third kappa shape index (κ3) is 4.35. The third-order valence-corrected chi connectivity index (χ3v) is 6.26. The quantitative estimate of drug-likeness (QED) is 0.548. The van der Waals surface area contributed by atoms with Crippen LogP contribution in [0.1, 0.15) is 23.3 Å². The van der Waals surface area contributed by atoms with Crippen molar-refractivity contribution in [1.29, 1.82) is 0 Å². The predicted octanol–water partition coefficient (Wildman–Crippen LogP) is 4.67. The topological polar surface area (TPSA) is 43.2 Å². The van der Waals surface area contributed by atoms with Crippen LogP contribution in [-0.2, 0) is 11.3 Å². The molecule has 1 fully saturated rings. The van der Waals surface area contributed by atoms with E-state index in [1.165, 1.54) is 5.56 Å². The van der Waals surface area contributed by atoms with Gasteiger partial charge in [-0.3, -0.25) is 4.57 Å². The molecule has 5 nitrogen and oxygen atoms in total. The minimum atomic E-state index is 0.171. The molecule has 0 radical (unpaired) electrons. The fraction of sp³-hybridized carbons (Fsp3) is 0.333. The number of thioether (sulfide) groups is 1. The van der Waals surface area contributed by atoms with Crippen LogP contribution >= 0.6 is 23.4 Å². The molecule has 2 heterocycles. The van der Waals surface area contributed by atoms with Crippen LogP contribution in [0, 0.1) is 0 Å². The summed E-state index contributed by atoms with van der Waals surface area (Å²) in [7, 11) is 0. The lowest BCUT2D eigenvalue weighted by atomic mass is 10.2. The van der Waals surface area contributed by atoms with E-state index in [9.17, 15) is 0 Å². The van der Waals surface area contributed by atoms with Gasteiger partial charge in [-0.15, -0.1) is 10.2 Å². The molecule has 1 saturated heterocycles. The van der Waals surface area contributed by atoms with Crippen molar-refractivity contribution >= 4 is 29.3 Å². The fourth-order valence-electron chi connectivity index (χ4n) is 3.30. The molecule has 28 heavy (non-hydrogen) atoms. The SMILES string of the molecule is C[C@H](Sc1nnc(N2CCOCC2)n1Cc1ccccc1)c1ccccc1Cl. The summed E-state index contributed by atoms with van der Waals surface area (Å²) in [6.45, 7) is 5.99. The molecule has 2 aromatic carbocycles. The third-order valence-electron chi connectivity index (χ3n) is 4.80. The molecule has 1 atom stereocenters. The normalized spacial score (nSPS) is 15.6. The first kappa shape index (κ1) is 19.3. The molecule has 0 unspecified atom stereocenters. The van der Waals surface area contributed by atoms with Gasteiger partial charge in [0.15, 0.2) is 5.16 Å². The molecule has 0 saturated carbocycles. The first-order valence-electron chi connectivity index (χ1n) is 9.43. The number of nitrogens with zero attached hydrogens (tertiary/aromatic N) is 4. The van der Waals surface area contributed by atoms with Crippen molar-refractivity contribution in [3.8, 4) is 0 Å². The maximum atomic E-state index is 6.40. The van der Waals surface area contributed by atoms with Crippen LogP contribution in [0.5, 0.6) is 0 Å². The summed E-state index contributed by atoms with van der Waals surface area (Å²) in [4.78, 5) is 2.25. The highest BCUT2D eigenvalue weighted by molar-refractivity contribution is 7.99. The van der Waals surface area contributed by atoms with Gasteiger partial charge in [0.05, 0.1) is 19.8 Å². The minimum absolute atomic E-state index is 0.171. The van der Waals surface area contributed by atoms with Crippen LogP contribution in [-0.4, -0.2) is 41.1 Å². The smallest absolute Gasteiger partial charge is 0.228 e. The number of aromatic nitrogens is 3. The van der Waals surface area contributed by atoms with Gasteiger partial charge >= 0.3 is 0 Å². The minimum Gasteiger partial charge on any atom is -0.378 e. The van der Waals surface area contributed by atoms with Crippen LogP contribution in [0.4, 0.5) is 5.95 Å². The van der Waals surface area contributed by atoms with Gasteiger partial charge in [-0.2, -0.15) is 0 Å². The Bertz CT molecular complexity index is 912. The Hall–Kier alpha value is -2.02. The number of ether oxygens (including phenoxy) is 1. The van der Waals surface area contributed by atoms with E-state index in [1.807, 2.05) is 24.3 Å². The Morgan fingerprint density at radius 3 is 2.50 bits per heavy atom. The second-order valence-corrected chi connectivity index (χ2v) is 8.45. The molecule has 1 aliphatic heterocycles. The summed E-state index contributed by atoms with van der Waals surface area (Å²) in [6.07, 6.45) is 0. The molecule has 1 aromatic heterocycles. The lowest BCUT2D eigenvalue weighted by Crippen LogP contribution is -2.38. The van der Waals surface area contributed by atoms with Crippen LogP contribution in [0.3, 0.4) is 0 Å². The van der Waals surface area contributed by atoms with Crippen LogP contribution in [0.2, 0.25) is 5.02 Å². The van der Waals surface area contributed by atoms with Crippen LogP contribution in [0.15, 0.2) is 59.8 Å². The lowest BCUT2D eigenvalue weighted by molar-refractivity contribution is 0.121. The Labute approximate surface area is 174 Å². The van der Waals surface area contributed by atoms with Gasteiger partial charge in [0.1, 0.15) is 0 Å². The highest BCUT2D eigenvalue weighted by Gasteiger charge is 2.23. The van der Waals surface area contributed by atoms with Gasteiger partial charge in [-0.25, -0.2) is 0 Å². The van der Waals surface area contributed by atoms with E-state index in [-0.39, 0.29) is 5.25 Å². The monoisotopic (exact) mass is 414 g/mol. The highest BCUT2D eigenvalue weighted by atomic mass is 35.5. The van der Waals surface area contributed by atoms with E-state index < -0.39 is 0 Å². The van der Waals surface area contributed by atoms with E-state index in [4.69, 9.17) is 16.3 Å². The number of morpholine rings is 1. The van der Waals surface area contributed by atoms with Crippen LogP contribution < -0.4 is 4.90 Å². The number of halogens is 1. The zero-order valence-corrected chi connectivity index (χ0v) is 17.4. The zero-order valence-electron chi connectivity index (χ0n) is 15.8. The Morgan fingerprint density at radius 2 is 1.75 bits per heavy atom. The molecule has 7 heteroatoms. The molecule has 4 rings (SSSR count). The molecule has 3 aromatic rings. The van der Waals surface area contributed by atoms with Gasteiger partial charge in [0.25, 0.3) is 0 Å². The fourth-order valence-corrected chi connectivity index (χ4v) is 4.67. The molecule has 0 aliphatic carbocycles. The Kier molecular flexibility index (Phi) is 6.20. The van der Waals surface area contributed by atoms with Crippen molar-refractivity contribution in [2.45, 2.75) is 23.9 Å². The molecule has 1 aliphatic rings. The van der Waals surface area contributed by atoms with Crippen LogP contribution in [0.25, 0.3) is 0 Å². The first-order valence-corrected chi connectivity index (χ1v) is 10.7. The molecular formula is C21H23ClN4OS. The summed E-state index contributed by atoms with van der Waals surface area (Å²) in [5.74, 6) is 0.904. The molecular weight excluding hydrogens is 392 g/mol. The molecule has 0 spiro atoms. The van der Waals surface area contributed by atoms with Gasteiger partial charge < -0.3 is 9.64 Å². The lowest BCUT2D eigenvalue weighted by Gasteiger charge is -2.28. The van der Waals surface area contributed by atoms with E-state index in [2.05, 4.69) is 56.9 Å². The molecule has 0 bridgehead atoms. The van der Waals surface area contributed by atoms with Gasteiger partial charge in [-0.05, 0) is 24.1 Å². The molecule has 0 amide bonds. The van der Waals surface area contributed by atoms with Crippen molar-refractivity contribution in [3.05, 3.63) is 70.7 Å². The molecule has 0 N–H and O–H groups in total. The second-order valence-electron chi connectivity index (χ2n) is 6.74. The van der Waals surface area contributed by atoms with E-state index in [0.717, 1.165) is 54.5 Å². The van der Waals surface area contributed by atoms with Crippen molar-refractivity contribution in [2.24, 2.45) is 0 Å². The van der Waals surface area contributed by atoms with Gasteiger partial charge in [0.2, 0.25) is 5.95 Å². The summed E-state index contributed by atoms with van der Waals surface area (Å²) >= 11 is 8.09. The summed E-state index contributed by atoms with van der Waals surface area (Å²) < 4.78 is 7.71. The molecule has 146 valence electrons. The average molecular weight is 415 g/mol. The number of rotatable bonds is 6. The van der Waals surface area contributed by atoms with Gasteiger partial charge in [-0.1, -0.05) is 71.9 Å². The Morgan fingerprint density at radius 1 is 1.04 bits per heavy atom. The summed E-state index contributed by atoms with van der Waals surface area (Å²) in [5.41, 5.74) is 2.33. The van der Waals surface area contributed by atoms with Crippen molar-refractivity contribution in [1.82, 2.24) is 14.8 Å². The predicted molar refractivity (Wildman–Crippen MR) is 114 cm³/mol. The summed E-state index contributed by atoms with van der Waals surface area (Å²) in [5, 5.41) is 10.9. The number of benzene rings is 2. The summed E-state index contributed by atoms with van der Waals surface area (Å²) in [6, 6.07) is 18.4. The number of hydrogen-bond acceptors (Lipinski definition) is 5. The maximum absolute atomic E-state index is 6.40. The van der Waals surface area contributed by atoms with Crippen molar-refractivity contribution in [3.63, 3.8) is 0 Å².